The van der Waals surface area contributed by atoms with Crippen molar-refractivity contribution in [1.29, 1.82) is 0 Å². The molecular weight excluding hydrogens is 324 g/mol. The molecule has 0 radical (unpaired) electrons. The van der Waals surface area contributed by atoms with E-state index in [9.17, 15) is 4.79 Å². The molecule has 2 aromatic rings. The number of H-pyrrole nitrogens is 1. The lowest BCUT2D eigenvalue weighted by molar-refractivity contribution is 0.230. The van der Waals surface area contributed by atoms with Crippen LogP contribution in [-0.2, 0) is 6.54 Å². The molecule has 0 saturated carbocycles. The largest absolute Gasteiger partial charge is 0.475 e. The Labute approximate surface area is 124 Å². The van der Waals surface area contributed by atoms with Gasteiger partial charge in [0.2, 0.25) is 5.88 Å². The number of nitrogens with one attached hydrogen (secondary N) is 2. The number of halogens is 1. The van der Waals surface area contributed by atoms with E-state index >= 15 is 0 Å². The van der Waals surface area contributed by atoms with Gasteiger partial charge in [0.25, 0.3) is 5.56 Å². The van der Waals surface area contributed by atoms with E-state index in [1.54, 1.807) is 6.20 Å². The monoisotopic (exact) mass is 338 g/mol. The minimum Gasteiger partial charge on any atom is -0.475 e. The summed E-state index contributed by atoms with van der Waals surface area (Å²) < 4.78 is 6.01. The van der Waals surface area contributed by atoms with Gasteiger partial charge in [-0.1, -0.05) is 6.07 Å². The van der Waals surface area contributed by atoms with E-state index in [1.165, 1.54) is 6.33 Å². The number of ether oxygens (including phenoxy) is 1. The molecule has 6 nitrogen and oxygen atoms in total. The number of nitrogens with zero attached hydrogens (tertiary/aromatic N) is 2. The Balaban J connectivity index is 2.15. The van der Waals surface area contributed by atoms with Crippen LogP contribution in [-0.4, -0.2) is 21.1 Å². The highest BCUT2D eigenvalue weighted by atomic mass is 79.9. The topological polar surface area (TPSA) is 79.9 Å². The standard InChI is InChI=1S/C13H15BrN4O2/c1-8(2)20-13-9(4-3-5-15-13)6-16-11-10(14)12(19)18-7-17-11/h3-5,7-8H,6H2,1-2H3,(H2,16,17,18,19). The first-order chi connectivity index (χ1) is 9.58. The smallest absolute Gasteiger partial charge is 0.267 e. The fourth-order valence-electron chi connectivity index (χ4n) is 1.57. The molecule has 0 aliphatic heterocycles. The van der Waals surface area contributed by atoms with Crippen molar-refractivity contribution in [2.75, 3.05) is 5.32 Å². The minimum absolute atomic E-state index is 0.0491. The lowest BCUT2D eigenvalue weighted by Gasteiger charge is -2.13. The van der Waals surface area contributed by atoms with E-state index < -0.39 is 0 Å². The maximum Gasteiger partial charge on any atom is 0.267 e. The number of anilines is 1. The van der Waals surface area contributed by atoms with E-state index in [0.29, 0.717) is 22.7 Å². The van der Waals surface area contributed by atoms with Gasteiger partial charge in [-0.3, -0.25) is 4.79 Å². The molecule has 2 N–H and O–H groups in total. The zero-order valence-corrected chi connectivity index (χ0v) is 12.8. The van der Waals surface area contributed by atoms with E-state index in [0.717, 1.165) is 5.56 Å². The first kappa shape index (κ1) is 14.5. The fraction of sp³-hybridized carbons (Fsp3) is 0.308. The zero-order valence-electron chi connectivity index (χ0n) is 11.2. The highest BCUT2D eigenvalue weighted by Gasteiger charge is 2.09. The first-order valence-corrected chi connectivity index (χ1v) is 6.95. The number of pyridine rings is 1. The highest BCUT2D eigenvalue weighted by molar-refractivity contribution is 9.10. The maximum absolute atomic E-state index is 11.4. The summed E-state index contributed by atoms with van der Waals surface area (Å²) in [6.07, 6.45) is 3.08. The molecule has 0 saturated heterocycles. The van der Waals surface area contributed by atoms with E-state index in [4.69, 9.17) is 4.74 Å². The Morgan fingerprint density at radius 2 is 2.25 bits per heavy atom. The van der Waals surface area contributed by atoms with Crippen molar-refractivity contribution in [3.8, 4) is 5.88 Å². The average molecular weight is 339 g/mol. The maximum atomic E-state index is 11.4. The summed E-state index contributed by atoms with van der Waals surface area (Å²) in [4.78, 5) is 22.2. The van der Waals surface area contributed by atoms with Gasteiger partial charge in [-0.05, 0) is 35.8 Å². The van der Waals surface area contributed by atoms with Crippen LogP contribution in [0.1, 0.15) is 19.4 Å². The van der Waals surface area contributed by atoms with E-state index in [2.05, 4.69) is 36.2 Å². The van der Waals surface area contributed by atoms with Crippen LogP contribution in [0.4, 0.5) is 5.82 Å². The first-order valence-electron chi connectivity index (χ1n) is 6.15. The lowest BCUT2D eigenvalue weighted by Crippen LogP contribution is -2.14. The molecular formula is C13H15BrN4O2. The quantitative estimate of drug-likeness (QED) is 0.874. The van der Waals surface area contributed by atoms with Gasteiger partial charge in [0.1, 0.15) is 10.3 Å². The third kappa shape index (κ3) is 3.57. The van der Waals surface area contributed by atoms with Crippen molar-refractivity contribution < 1.29 is 4.74 Å². The highest BCUT2D eigenvalue weighted by Crippen LogP contribution is 2.19. The predicted octanol–water partition coefficient (Wildman–Crippen LogP) is 2.33. The van der Waals surface area contributed by atoms with Gasteiger partial charge in [-0.25, -0.2) is 9.97 Å². The number of aromatic nitrogens is 3. The summed E-state index contributed by atoms with van der Waals surface area (Å²) >= 11 is 3.20. The molecule has 0 bridgehead atoms. The normalized spacial score (nSPS) is 10.6. The molecule has 0 aliphatic rings. The molecule has 106 valence electrons. The summed E-state index contributed by atoms with van der Waals surface area (Å²) in [6.45, 7) is 4.35. The van der Waals surface area contributed by atoms with Gasteiger partial charge >= 0.3 is 0 Å². The Hall–Kier alpha value is -1.89. The third-order valence-corrected chi connectivity index (χ3v) is 3.18. The van der Waals surface area contributed by atoms with Crippen molar-refractivity contribution in [3.05, 3.63) is 45.0 Å². The Morgan fingerprint density at radius 1 is 1.45 bits per heavy atom. The molecule has 0 spiro atoms. The molecule has 0 aliphatic carbocycles. The lowest BCUT2D eigenvalue weighted by atomic mass is 10.2. The molecule has 20 heavy (non-hydrogen) atoms. The summed E-state index contributed by atoms with van der Waals surface area (Å²) in [7, 11) is 0. The molecule has 0 amide bonds. The second kappa shape index (κ2) is 6.51. The molecule has 2 rings (SSSR count). The average Bonchev–Trinajstić information content (AvgIpc) is 2.41. The van der Waals surface area contributed by atoms with Crippen LogP contribution in [0.15, 0.2) is 33.9 Å². The molecule has 0 unspecified atom stereocenters. The Morgan fingerprint density at radius 3 is 3.00 bits per heavy atom. The minimum atomic E-state index is -0.229. The third-order valence-electron chi connectivity index (χ3n) is 2.44. The van der Waals surface area contributed by atoms with E-state index in [1.807, 2.05) is 26.0 Å². The van der Waals surface area contributed by atoms with Crippen LogP contribution < -0.4 is 15.6 Å². The van der Waals surface area contributed by atoms with Crippen LogP contribution in [0.5, 0.6) is 5.88 Å². The van der Waals surface area contributed by atoms with Gasteiger partial charge in [0, 0.05) is 18.3 Å². The Kier molecular flexibility index (Phi) is 4.73. The zero-order chi connectivity index (χ0) is 14.5. The molecule has 0 aromatic carbocycles. The number of hydrogen-bond donors (Lipinski definition) is 2. The van der Waals surface area contributed by atoms with Gasteiger partial charge in [-0.15, -0.1) is 0 Å². The molecule has 2 heterocycles. The predicted molar refractivity (Wildman–Crippen MR) is 79.9 cm³/mol. The van der Waals surface area contributed by atoms with E-state index in [-0.39, 0.29) is 11.7 Å². The van der Waals surface area contributed by atoms with Crippen LogP contribution >= 0.6 is 15.9 Å². The van der Waals surface area contributed by atoms with Gasteiger partial charge in [0.05, 0.1) is 12.4 Å². The van der Waals surface area contributed by atoms with Gasteiger partial charge in [-0.2, -0.15) is 0 Å². The van der Waals surface area contributed by atoms with Crippen LogP contribution in [0.2, 0.25) is 0 Å². The molecule has 7 heteroatoms. The Bertz CT molecular complexity index is 642. The SMILES string of the molecule is CC(C)Oc1ncccc1CNc1nc[nH]c(=O)c1Br. The van der Waals surface area contributed by atoms with Crippen LogP contribution in [0.3, 0.4) is 0 Å². The van der Waals surface area contributed by atoms with Crippen LogP contribution in [0.25, 0.3) is 0 Å². The summed E-state index contributed by atoms with van der Waals surface area (Å²) in [5, 5.41) is 3.09. The molecule has 2 aromatic heterocycles. The van der Waals surface area contributed by atoms with Crippen molar-refractivity contribution in [1.82, 2.24) is 15.0 Å². The summed E-state index contributed by atoms with van der Waals surface area (Å²) in [5.41, 5.74) is 0.669. The number of aromatic amines is 1. The van der Waals surface area contributed by atoms with Crippen LogP contribution in [0, 0.1) is 0 Å². The molecule has 0 atom stereocenters. The van der Waals surface area contributed by atoms with Crippen molar-refractivity contribution >= 4 is 21.7 Å². The summed E-state index contributed by atoms with van der Waals surface area (Å²) in [6, 6.07) is 3.75. The number of rotatable bonds is 5. The van der Waals surface area contributed by atoms with Crippen molar-refractivity contribution in [2.45, 2.75) is 26.5 Å². The van der Waals surface area contributed by atoms with Crippen molar-refractivity contribution in [3.63, 3.8) is 0 Å². The molecule has 0 fully saturated rings. The van der Waals surface area contributed by atoms with Gasteiger partial charge in [0.15, 0.2) is 0 Å². The second-order valence-corrected chi connectivity index (χ2v) is 5.18. The number of hydrogen-bond acceptors (Lipinski definition) is 5. The fourth-order valence-corrected chi connectivity index (χ4v) is 1.93. The van der Waals surface area contributed by atoms with Gasteiger partial charge < -0.3 is 15.0 Å². The van der Waals surface area contributed by atoms with Crippen molar-refractivity contribution in [2.24, 2.45) is 0 Å². The second-order valence-electron chi connectivity index (χ2n) is 4.38. The summed E-state index contributed by atoms with van der Waals surface area (Å²) in [5.74, 6) is 1.06.